The zero-order valence-corrected chi connectivity index (χ0v) is 24.4. The number of nitrogens with one attached hydrogen (secondary N) is 2. The molecule has 1 saturated carbocycles. The molecule has 20 nitrogen and oxygen atoms in total. The number of nitrogens with zero attached hydrogens (tertiary/aromatic N) is 8. The van der Waals surface area contributed by atoms with Crippen molar-refractivity contribution in [3.05, 3.63) is 25.3 Å². The van der Waals surface area contributed by atoms with Crippen molar-refractivity contribution in [1.29, 1.82) is 0 Å². The fourth-order valence-electron chi connectivity index (χ4n) is 6.13. The van der Waals surface area contributed by atoms with Gasteiger partial charge in [0.05, 0.1) is 31.3 Å². The SMILES string of the molecule is Nc1ncnc2c1ncn2[C@@H]1O[C@@H]2COP(=O)(O)N[C@H]3[C@@H](F)[C@H](n4cnc5c(N)ncnc54)OC34CC4OP(=O)(O)N[C@H]2[C@H]1F. The van der Waals surface area contributed by atoms with Crippen LogP contribution in [0.5, 0.6) is 0 Å². The molecule has 4 fully saturated rings. The summed E-state index contributed by atoms with van der Waals surface area (Å²) in [6.45, 7) is -0.772. The Morgan fingerprint density at radius 3 is 2.16 bits per heavy atom. The molecule has 0 radical (unpaired) electrons. The molecule has 45 heavy (non-hydrogen) atoms. The summed E-state index contributed by atoms with van der Waals surface area (Å²) in [6.07, 6.45) is -5.26. The molecular weight excluding hydrogens is 648 g/mol. The van der Waals surface area contributed by atoms with E-state index in [-0.39, 0.29) is 40.4 Å². The maximum absolute atomic E-state index is 16.2. The summed E-state index contributed by atoms with van der Waals surface area (Å²) in [5.74, 6) is 0.0572. The fraction of sp³-hybridized carbons (Fsp3) is 0.524. The van der Waals surface area contributed by atoms with Crippen molar-refractivity contribution in [2.45, 2.75) is 61.1 Å². The molecule has 8 rings (SSSR count). The summed E-state index contributed by atoms with van der Waals surface area (Å²) < 4.78 is 83.8. The third-order valence-electron chi connectivity index (χ3n) is 8.30. The third kappa shape index (κ3) is 4.55. The van der Waals surface area contributed by atoms with Crippen LogP contribution >= 0.6 is 15.5 Å². The van der Waals surface area contributed by atoms with Gasteiger partial charge in [0.15, 0.2) is 47.7 Å². The van der Waals surface area contributed by atoms with Gasteiger partial charge in [0.2, 0.25) is 0 Å². The monoisotopic (exact) mass is 672 g/mol. The predicted octanol–water partition coefficient (Wildman–Crippen LogP) is -0.392. The van der Waals surface area contributed by atoms with E-state index in [1.54, 1.807) is 0 Å². The normalized spacial score (nSPS) is 41.7. The average Bonchev–Trinajstić information content (AvgIpc) is 3.36. The topological polar surface area (TPSA) is 275 Å². The maximum Gasteiger partial charge on any atom is 0.403 e. The van der Waals surface area contributed by atoms with Gasteiger partial charge < -0.3 is 30.7 Å². The van der Waals surface area contributed by atoms with Crippen molar-refractivity contribution in [2.75, 3.05) is 18.1 Å². The van der Waals surface area contributed by atoms with Crippen LogP contribution in [0, 0.1) is 0 Å². The first-order chi connectivity index (χ1) is 21.4. The molecule has 24 heteroatoms. The molecule has 3 aliphatic heterocycles. The van der Waals surface area contributed by atoms with Crippen molar-refractivity contribution in [3.63, 3.8) is 0 Å². The Kier molecular flexibility index (Phi) is 6.38. The molecule has 0 aromatic carbocycles. The van der Waals surface area contributed by atoms with Gasteiger partial charge in [-0.1, -0.05) is 0 Å². The third-order valence-corrected chi connectivity index (χ3v) is 10.6. The minimum absolute atomic E-state index is 0.0267. The summed E-state index contributed by atoms with van der Waals surface area (Å²) in [5.41, 5.74) is 10.5. The van der Waals surface area contributed by atoms with E-state index in [1.165, 1.54) is 21.8 Å². The lowest BCUT2D eigenvalue weighted by atomic mass is 10.1. The van der Waals surface area contributed by atoms with Gasteiger partial charge in [-0.25, -0.2) is 58.0 Å². The number of ether oxygens (including phenoxy) is 2. The van der Waals surface area contributed by atoms with Gasteiger partial charge in [-0.2, -0.15) is 0 Å². The quantitative estimate of drug-likeness (QED) is 0.148. The zero-order chi connectivity index (χ0) is 31.5. The lowest BCUT2D eigenvalue weighted by Gasteiger charge is -2.28. The Morgan fingerprint density at radius 1 is 0.889 bits per heavy atom. The second-order valence-electron chi connectivity index (χ2n) is 11.0. The molecule has 11 atom stereocenters. The molecular formula is C21H24F2N12O8P2. The summed E-state index contributed by atoms with van der Waals surface area (Å²) >= 11 is 0. The number of hydrogen-bond donors (Lipinski definition) is 6. The van der Waals surface area contributed by atoms with Crippen molar-refractivity contribution >= 4 is 49.5 Å². The number of nitrogen functional groups attached to an aromatic ring is 2. The van der Waals surface area contributed by atoms with Crippen LogP contribution in [0.3, 0.4) is 0 Å². The van der Waals surface area contributed by atoms with Gasteiger partial charge in [0.25, 0.3) is 0 Å². The van der Waals surface area contributed by atoms with E-state index in [4.69, 9.17) is 30.0 Å². The maximum atomic E-state index is 16.2. The number of aromatic nitrogens is 8. The lowest BCUT2D eigenvalue weighted by Crippen LogP contribution is -2.47. The highest BCUT2D eigenvalue weighted by Gasteiger charge is 2.73. The Bertz CT molecular complexity index is 1930. The average molecular weight is 672 g/mol. The molecule has 4 aliphatic rings. The first-order valence-electron chi connectivity index (χ1n) is 13.4. The summed E-state index contributed by atoms with van der Waals surface area (Å²) in [5, 5.41) is 4.52. The molecule has 4 aromatic heterocycles. The van der Waals surface area contributed by atoms with E-state index in [0.717, 1.165) is 12.7 Å². The van der Waals surface area contributed by atoms with E-state index < -0.39 is 76.8 Å². The van der Waals surface area contributed by atoms with Crippen LogP contribution in [0.4, 0.5) is 20.4 Å². The fourth-order valence-corrected chi connectivity index (χ4v) is 8.61. The first kappa shape index (κ1) is 29.1. The number of rotatable bonds is 2. The largest absolute Gasteiger partial charge is 0.403 e. The first-order valence-corrected chi connectivity index (χ1v) is 16.5. The van der Waals surface area contributed by atoms with Gasteiger partial charge >= 0.3 is 15.5 Å². The highest BCUT2D eigenvalue weighted by Crippen LogP contribution is 2.62. The number of anilines is 2. The Hall–Kier alpha value is -3.30. The number of halogens is 2. The molecule has 4 aromatic rings. The molecule has 0 bridgehead atoms. The minimum Gasteiger partial charge on any atom is -0.382 e. The second kappa shape index (κ2) is 9.85. The van der Waals surface area contributed by atoms with E-state index in [2.05, 4.69) is 40.1 Å². The van der Waals surface area contributed by atoms with Gasteiger partial charge in [0, 0.05) is 6.42 Å². The number of nitrogens with two attached hydrogens (primary N) is 2. The molecule has 0 amide bonds. The summed E-state index contributed by atoms with van der Waals surface area (Å²) in [6, 6.07) is -3.18. The molecule has 3 saturated heterocycles. The predicted molar refractivity (Wildman–Crippen MR) is 145 cm³/mol. The van der Waals surface area contributed by atoms with Crippen LogP contribution < -0.4 is 21.6 Å². The Morgan fingerprint density at radius 2 is 1.51 bits per heavy atom. The smallest absolute Gasteiger partial charge is 0.382 e. The van der Waals surface area contributed by atoms with Crippen LogP contribution in [0.1, 0.15) is 18.9 Å². The number of imidazole rings is 2. The standard InChI is InChI=1S/C21H24F2N12O8P2/c22-9-11-7(41-19(9)34-5-30-12-15(24)26-3-28-17(12)34)2-40-44(36,37)33-14-10(23)20(35-6-31-13-16(25)27-4-29-18(13)35)42-21(14)1-8(21)43-45(38,39)32-11/h3-11,14,19-20H,1-2H2,(H2,24,26,28)(H2,25,27,29)(H2,32,38,39)(H2,33,36,37)/t7-,8?,9-,10-,11-,14+,19-,20-,21?/m1/s1. The van der Waals surface area contributed by atoms with Crippen LogP contribution in [0.25, 0.3) is 22.3 Å². The van der Waals surface area contributed by atoms with Crippen LogP contribution in [-0.4, -0.2) is 97.7 Å². The number of fused-ring (bicyclic) bond motifs is 3. The zero-order valence-electron chi connectivity index (χ0n) is 22.6. The summed E-state index contributed by atoms with van der Waals surface area (Å²) in [4.78, 5) is 45.6. The van der Waals surface area contributed by atoms with Gasteiger partial charge in [-0.15, -0.1) is 0 Å². The molecule has 7 heterocycles. The van der Waals surface area contributed by atoms with E-state index in [9.17, 15) is 18.9 Å². The molecule has 240 valence electrons. The van der Waals surface area contributed by atoms with Crippen LogP contribution in [0.15, 0.2) is 25.3 Å². The van der Waals surface area contributed by atoms with Crippen molar-refractivity contribution in [1.82, 2.24) is 49.2 Å². The second-order valence-corrected chi connectivity index (χ2v) is 14.0. The Labute approximate surface area is 249 Å². The van der Waals surface area contributed by atoms with Crippen LogP contribution in [0.2, 0.25) is 0 Å². The number of alkyl halides is 2. The van der Waals surface area contributed by atoms with Crippen molar-refractivity contribution < 1.29 is 46.2 Å². The summed E-state index contributed by atoms with van der Waals surface area (Å²) in [7, 11) is -9.73. The molecule has 8 N–H and O–H groups in total. The lowest BCUT2D eigenvalue weighted by molar-refractivity contribution is -0.0471. The number of hydrogen-bond acceptors (Lipinski definition) is 14. The van der Waals surface area contributed by atoms with Crippen molar-refractivity contribution in [2.24, 2.45) is 0 Å². The molecule has 4 unspecified atom stereocenters. The minimum atomic E-state index is -4.87. The van der Waals surface area contributed by atoms with E-state index in [1.807, 2.05) is 0 Å². The van der Waals surface area contributed by atoms with Gasteiger partial charge in [0.1, 0.15) is 41.5 Å². The highest BCUT2D eigenvalue weighted by molar-refractivity contribution is 7.51. The molecule has 1 aliphatic carbocycles. The van der Waals surface area contributed by atoms with E-state index >= 15 is 8.78 Å². The van der Waals surface area contributed by atoms with Gasteiger partial charge in [-0.05, 0) is 0 Å². The Balaban J connectivity index is 1.11. The van der Waals surface area contributed by atoms with Gasteiger partial charge in [-0.3, -0.25) is 18.2 Å². The van der Waals surface area contributed by atoms with Crippen LogP contribution in [-0.2, 0) is 27.7 Å². The highest BCUT2D eigenvalue weighted by atomic mass is 31.2. The van der Waals surface area contributed by atoms with E-state index in [0.29, 0.717) is 0 Å². The molecule has 1 spiro atoms. The van der Waals surface area contributed by atoms with Crippen molar-refractivity contribution in [3.8, 4) is 0 Å².